The number of aryl methyl sites for hydroxylation is 1. The van der Waals surface area contributed by atoms with Crippen LogP contribution in [0.2, 0.25) is 0 Å². The van der Waals surface area contributed by atoms with Crippen molar-refractivity contribution in [1.82, 2.24) is 35.1 Å². The van der Waals surface area contributed by atoms with Crippen LogP contribution < -0.4 is 5.32 Å². The SMILES string of the molecule is c1cnc2c(c1)CCCC2N(Cc1ccc(CNCc2ncc[nH]2)cc1)Cc1nc2ccccc2[nH]1. The Kier molecular flexibility index (Phi) is 6.56. The van der Waals surface area contributed by atoms with Gasteiger partial charge in [-0.25, -0.2) is 9.97 Å². The van der Waals surface area contributed by atoms with Gasteiger partial charge < -0.3 is 15.3 Å². The average Bonchev–Trinajstić information content (AvgIpc) is 3.58. The van der Waals surface area contributed by atoms with Crippen molar-refractivity contribution in [2.45, 2.75) is 51.5 Å². The van der Waals surface area contributed by atoms with E-state index in [0.29, 0.717) is 0 Å². The molecule has 36 heavy (non-hydrogen) atoms. The number of pyridine rings is 1. The van der Waals surface area contributed by atoms with Gasteiger partial charge in [0.1, 0.15) is 11.6 Å². The molecule has 5 aromatic rings. The van der Waals surface area contributed by atoms with Crippen LogP contribution in [0.15, 0.2) is 79.3 Å². The van der Waals surface area contributed by atoms with Crippen molar-refractivity contribution >= 4 is 11.0 Å². The maximum Gasteiger partial charge on any atom is 0.121 e. The lowest BCUT2D eigenvalue weighted by Crippen LogP contribution is -2.31. The van der Waals surface area contributed by atoms with Gasteiger partial charge in [-0.15, -0.1) is 0 Å². The number of imidazole rings is 2. The average molecular weight is 478 g/mol. The normalized spacial score (nSPS) is 15.4. The lowest BCUT2D eigenvalue weighted by molar-refractivity contribution is 0.153. The summed E-state index contributed by atoms with van der Waals surface area (Å²) in [6.45, 7) is 3.14. The molecule has 0 aliphatic heterocycles. The minimum Gasteiger partial charge on any atom is -0.348 e. The predicted octanol–water partition coefficient (Wildman–Crippen LogP) is 5.05. The molecule has 3 aromatic heterocycles. The number of nitrogens with zero attached hydrogens (tertiary/aromatic N) is 4. The number of hydrogen-bond acceptors (Lipinski definition) is 5. The summed E-state index contributed by atoms with van der Waals surface area (Å²) in [5.41, 5.74) is 7.25. The number of rotatable bonds is 9. The van der Waals surface area contributed by atoms with Gasteiger partial charge in [0.15, 0.2) is 0 Å². The van der Waals surface area contributed by atoms with Gasteiger partial charge >= 0.3 is 0 Å². The number of hydrogen-bond donors (Lipinski definition) is 3. The highest BCUT2D eigenvalue weighted by Gasteiger charge is 2.28. The van der Waals surface area contributed by atoms with Crippen LogP contribution in [0.3, 0.4) is 0 Å². The third kappa shape index (κ3) is 5.08. The van der Waals surface area contributed by atoms with Gasteiger partial charge in [-0.2, -0.15) is 0 Å². The van der Waals surface area contributed by atoms with Gasteiger partial charge in [0.2, 0.25) is 0 Å². The lowest BCUT2D eigenvalue weighted by Gasteiger charge is -2.34. The lowest BCUT2D eigenvalue weighted by atomic mass is 9.90. The van der Waals surface area contributed by atoms with Crippen molar-refractivity contribution in [2.75, 3.05) is 0 Å². The third-order valence-corrected chi connectivity index (χ3v) is 6.98. The molecule has 3 heterocycles. The first-order chi connectivity index (χ1) is 17.8. The van der Waals surface area contributed by atoms with Gasteiger partial charge in [-0.1, -0.05) is 42.5 Å². The Labute approximate surface area is 211 Å². The quantitative estimate of drug-likeness (QED) is 0.277. The molecule has 2 aromatic carbocycles. The first kappa shape index (κ1) is 22.6. The van der Waals surface area contributed by atoms with Crippen molar-refractivity contribution in [3.63, 3.8) is 0 Å². The molecular weight excluding hydrogens is 446 g/mol. The molecule has 1 aliphatic carbocycles. The molecule has 0 amide bonds. The fourth-order valence-electron chi connectivity index (χ4n) is 5.21. The Balaban J connectivity index is 1.21. The summed E-state index contributed by atoms with van der Waals surface area (Å²) in [5.74, 6) is 1.95. The Hall–Kier alpha value is -3.81. The molecule has 1 atom stereocenters. The van der Waals surface area contributed by atoms with Crippen LogP contribution in [-0.2, 0) is 32.6 Å². The Morgan fingerprint density at radius 1 is 0.861 bits per heavy atom. The smallest absolute Gasteiger partial charge is 0.121 e. The minimum atomic E-state index is 0.276. The molecule has 0 saturated carbocycles. The summed E-state index contributed by atoms with van der Waals surface area (Å²) < 4.78 is 0. The van der Waals surface area contributed by atoms with Gasteiger partial charge in [0, 0.05) is 31.7 Å². The number of fused-ring (bicyclic) bond motifs is 2. The molecule has 6 rings (SSSR count). The van der Waals surface area contributed by atoms with E-state index < -0.39 is 0 Å². The maximum absolute atomic E-state index is 4.88. The molecule has 7 heteroatoms. The summed E-state index contributed by atoms with van der Waals surface area (Å²) in [7, 11) is 0. The highest BCUT2D eigenvalue weighted by atomic mass is 15.2. The number of benzene rings is 2. The largest absolute Gasteiger partial charge is 0.348 e. The summed E-state index contributed by atoms with van der Waals surface area (Å²) in [5, 5.41) is 3.45. The van der Waals surface area contributed by atoms with Gasteiger partial charge in [-0.05, 0) is 54.2 Å². The molecule has 0 fully saturated rings. The topological polar surface area (TPSA) is 85.5 Å². The van der Waals surface area contributed by atoms with Crippen molar-refractivity contribution in [2.24, 2.45) is 0 Å². The molecule has 1 aliphatic rings. The van der Waals surface area contributed by atoms with Crippen LogP contribution in [-0.4, -0.2) is 29.8 Å². The van der Waals surface area contributed by atoms with Crippen LogP contribution in [0.25, 0.3) is 11.0 Å². The van der Waals surface area contributed by atoms with Crippen LogP contribution in [0.4, 0.5) is 0 Å². The van der Waals surface area contributed by atoms with E-state index in [9.17, 15) is 0 Å². The van der Waals surface area contributed by atoms with Crippen LogP contribution in [0, 0.1) is 0 Å². The Morgan fingerprint density at radius 2 is 1.75 bits per heavy atom. The Bertz CT molecular complexity index is 1370. The highest BCUT2D eigenvalue weighted by Crippen LogP contribution is 2.34. The van der Waals surface area contributed by atoms with Crippen molar-refractivity contribution in [1.29, 1.82) is 0 Å². The van der Waals surface area contributed by atoms with Crippen LogP contribution in [0.1, 0.15) is 52.9 Å². The summed E-state index contributed by atoms with van der Waals surface area (Å²) in [4.78, 5) is 23.2. The zero-order chi connectivity index (χ0) is 24.2. The number of H-pyrrole nitrogens is 2. The van der Waals surface area contributed by atoms with E-state index >= 15 is 0 Å². The minimum absolute atomic E-state index is 0.276. The molecule has 1 unspecified atom stereocenters. The van der Waals surface area contributed by atoms with E-state index in [1.807, 2.05) is 24.5 Å². The van der Waals surface area contributed by atoms with Crippen molar-refractivity contribution in [3.05, 3.63) is 113 Å². The molecule has 0 saturated heterocycles. The second kappa shape index (κ2) is 10.4. The molecule has 0 bridgehead atoms. The number of aromatic amines is 2. The first-order valence-corrected chi connectivity index (χ1v) is 12.7. The fourth-order valence-corrected chi connectivity index (χ4v) is 5.21. The number of nitrogens with one attached hydrogen (secondary N) is 3. The second-order valence-electron chi connectivity index (χ2n) is 9.52. The fraction of sp³-hybridized carbons (Fsp3) is 0.276. The third-order valence-electron chi connectivity index (χ3n) is 6.98. The highest BCUT2D eigenvalue weighted by molar-refractivity contribution is 5.74. The summed E-state index contributed by atoms with van der Waals surface area (Å²) in [6.07, 6.45) is 8.96. The van der Waals surface area contributed by atoms with Crippen LogP contribution >= 0.6 is 0 Å². The first-order valence-electron chi connectivity index (χ1n) is 12.7. The van der Waals surface area contributed by atoms with Crippen molar-refractivity contribution in [3.8, 4) is 0 Å². The van der Waals surface area contributed by atoms with E-state index in [1.165, 1.54) is 28.8 Å². The molecule has 0 spiro atoms. The molecule has 0 radical (unpaired) electrons. The molecular formula is C29H31N7. The van der Waals surface area contributed by atoms with E-state index in [2.05, 4.69) is 73.7 Å². The number of para-hydroxylation sites is 2. The van der Waals surface area contributed by atoms with Gasteiger partial charge in [-0.3, -0.25) is 9.88 Å². The summed E-state index contributed by atoms with van der Waals surface area (Å²) >= 11 is 0. The monoisotopic (exact) mass is 477 g/mol. The molecule has 182 valence electrons. The van der Waals surface area contributed by atoms with Crippen LogP contribution in [0.5, 0.6) is 0 Å². The molecule has 3 N–H and O–H groups in total. The van der Waals surface area contributed by atoms with Crippen molar-refractivity contribution < 1.29 is 0 Å². The number of aromatic nitrogens is 5. The van der Waals surface area contributed by atoms with E-state index in [0.717, 1.165) is 61.7 Å². The second-order valence-corrected chi connectivity index (χ2v) is 9.52. The zero-order valence-corrected chi connectivity index (χ0v) is 20.3. The van der Waals surface area contributed by atoms with E-state index in [1.54, 1.807) is 6.20 Å². The Morgan fingerprint density at radius 3 is 2.61 bits per heavy atom. The zero-order valence-electron chi connectivity index (χ0n) is 20.3. The molecule has 7 nitrogen and oxygen atoms in total. The van der Waals surface area contributed by atoms with Gasteiger partial charge in [0.25, 0.3) is 0 Å². The standard InChI is InChI=1S/C29H31N7/c1-2-8-25-24(7-1)34-28(35-25)20-36(26-9-3-5-23-6-4-14-33-29(23)26)19-22-12-10-21(11-13-22)17-30-18-27-31-15-16-32-27/h1-2,4,6-8,10-16,26,30H,3,5,9,17-20H2,(H,31,32)(H,34,35). The predicted molar refractivity (Wildman–Crippen MR) is 141 cm³/mol. The summed E-state index contributed by atoms with van der Waals surface area (Å²) in [6, 6.07) is 21.7. The van der Waals surface area contributed by atoms with Gasteiger partial charge in [0.05, 0.1) is 35.9 Å². The van der Waals surface area contributed by atoms with E-state index in [4.69, 9.17) is 9.97 Å². The maximum atomic E-state index is 4.88. The van der Waals surface area contributed by atoms with E-state index in [-0.39, 0.29) is 6.04 Å².